The summed E-state index contributed by atoms with van der Waals surface area (Å²) >= 11 is 5.57. The van der Waals surface area contributed by atoms with Crippen LogP contribution in [0.4, 0.5) is 18.9 Å². The molecule has 5 nitrogen and oxygen atoms in total. The number of amides is 1. The number of hydrogen-bond donors (Lipinski definition) is 1. The molecule has 29 heavy (non-hydrogen) atoms. The summed E-state index contributed by atoms with van der Waals surface area (Å²) in [6.45, 7) is 3.22. The number of hydrogen-bond acceptors (Lipinski definition) is 3. The van der Waals surface area contributed by atoms with Gasteiger partial charge in [0, 0.05) is 5.69 Å². The molecule has 1 aromatic heterocycles. The highest BCUT2D eigenvalue weighted by atomic mass is 35.5. The maximum Gasteiger partial charge on any atom is 0.417 e. The summed E-state index contributed by atoms with van der Waals surface area (Å²) in [6.07, 6.45) is -4.69. The lowest BCUT2D eigenvalue weighted by Gasteiger charge is -2.11. The molecule has 0 radical (unpaired) electrons. The number of para-hydroxylation sites is 1. The predicted molar refractivity (Wildman–Crippen MR) is 102 cm³/mol. The van der Waals surface area contributed by atoms with E-state index >= 15 is 0 Å². The molecule has 3 aromatic rings. The number of carbonyl (C=O) groups is 2. The van der Waals surface area contributed by atoms with Crippen LogP contribution in [0.5, 0.6) is 0 Å². The van der Waals surface area contributed by atoms with E-state index in [-0.39, 0.29) is 11.3 Å². The number of Topliss-reactive ketones (excluding diaryl/α,β-unsaturated/α-hetero) is 1. The van der Waals surface area contributed by atoms with Crippen molar-refractivity contribution in [3.05, 3.63) is 76.1 Å². The number of aromatic nitrogens is 2. The smallest absolute Gasteiger partial charge is 0.319 e. The molecule has 9 heteroatoms. The maximum absolute atomic E-state index is 13.0. The molecule has 0 bridgehead atoms. The second-order valence-corrected chi connectivity index (χ2v) is 6.68. The second kappa shape index (κ2) is 7.71. The van der Waals surface area contributed by atoms with Gasteiger partial charge in [-0.15, -0.1) is 0 Å². The number of alkyl halides is 3. The Labute approximate surface area is 169 Å². The van der Waals surface area contributed by atoms with Gasteiger partial charge in [-0.1, -0.05) is 29.8 Å². The van der Waals surface area contributed by atoms with Crippen LogP contribution in [-0.4, -0.2) is 21.5 Å². The molecule has 0 aliphatic heterocycles. The van der Waals surface area contributed by atoms with Gasteiger partial charge in [0.25, 0.3) is 11.7 Å². The fourth-order valence-electron chi connectivity index (χ4n) is 2.91. The summed E-state index contributed by atoms with van der Waals surface area (Å²) in [5, 5.41) is 6.00. The fraction of sp³-hybridized carbons (Fsp3) is 0.150. The number of anilines is 1. The first-order chi connectivity index (χ1) is 13.6. The number of carbonyl (C=O) groups excluding carboxylic acids is 2. The van der Waals surface area contributed by atoms with Crippen LogP contribution in [0.3, 0.4) is 0 Å². The molecule has 0 unspecified atom stereocenters. The van der Waals surface area contributed by atoms with Crippen molar-refractivity contribution >= 4 is 29.0 Å². The highest BCUT2D eigenvalue weighted by Crippen LogP contribution is 2.36. The minimum Gasteiger partial charge on any atom is -0.319 e. The lowest BCUT2D eigenvalue weighted by molar-refractivity contribution is -0.137. The Kier molecular flexibility index (Phi) is 5.48. The number of nitrogens with one attached hydrogen (secondary N) is 1. The maximum atomic E-state index is 13.0. The minimum absolute atomic E-state index is 0.0939. The van der Waals surface area contributed by atoms with Crippen molar-refractivity contribution in [2.45, 2.75) is 20.0 Å². The van der Waals surface area contributed by atoms with E-state index in [1.165, 1.54) is 10.7 Å². The first-order valence-electron chi connectivity index (χ1n) is 8.43. The molecule has 2 aromatic carbocycles. The van der Waals surface area contributed by atoms with Gasteiger partial charge in [0.15, 0.2) is 0 Å². The number of halogens is 4. The van der Waals surface area contributed by atoms with Gasteiger partial charge in [0.1, 0.15) is 0 Å². The van der Waals surface area contributed by atoms with Crippen LogP contribution in [0.25, 0.3) is 5.69 Å². The van der Waals surface area contributed by atoms with Crippen molar-refractivity contribution < 1.29 is 22.8 Å². The summed E-state index contributed by atoms with van der Waals surface area (Å²) in [7, 11) is 0. The fourth-order valence-corrected chi connectivity index (χ4v) is 3.14. The third-order valence-corrected chi connectivity index (χ3v) is 4.58. The molecule has 0 saturated heterocycles. The Balaban J connectivity index is 1.89. The SMILES string of the molecule is Cc1nn(-c2ccccc2)c(C)c1C(=O)C(=O)Nc1ccc(Cl)c(C(F)(F)F)c1. The molecule has 0 aliphatic rings. The molecule has 1 amide bonds. The van der Waals surface area contributed by atoms with E-state index < -0.39 is 28.5 Å². The number of benzene rings is 2. The summed E-state index contributed by atoms with van der Waals surface area (Å²) in [6, 6.07) is 11.9. The van der Waals surface area contributed by atoms with Crippen molar-refractivity contribution in [1.82, 2.24) is 9.78 Å². The van der Waals surface area contributed by atoms with Crippen LogP contribution in [-0.2, 0) is 11.0 Å². The first kappa shape index (κ1) is 20.6. The molecule has 0 aliphatic carbocycles. The molecule has 1 N–H and O–H groups in total. The summed E-state index contributed by atoms with van der Waals surface area (Å²) in [4.78, 5) is 25.1. The van der Waals surface area contributed by atoms with Crippen molar-refractivity contribution in [3.63, 3.8) is 0 Å². The van der Waals surface area contributed by atoms with Gasteiger partial charge in [-0.25, -0.2) is 4.68 Å². The third kappa shape index (κ3) is 4.17. The van der Waals surface area contributed by atoms with E-state index in [9.17, 15) is 22.8 Å². The third-order valence-electron chi connectivity index (χ3n) is 4.25. The molecule has 1 heterocycles. The monoisotopic (exact) mass is 421 g/mol. The average molecular weight is 422 g/mol. The van der Waals surface area contributed by atoms with Crippen molar-refractivity contribution in [2.75, 3.05) is 5.32 Å². The van der Waals surface area contributed by atoms with Crippen LogP contribution in [0.1, 0.15) is 27.3 Å². The highest BCUT2D eigenvalue weighted by Gasteiger charge is 2.34. The quantitative estimate of drug-likeness (QED) is 0.477. The normalized spacial score (nSPS) is 11.4. The standard InChI is InChI=1S/C20H15ClF3N3O2/c1-11-17(12(2)27(26-11)14-6-4-3-5-7-14)18(28)19(29)25-13-8-9-16(21)15(10-13)20(22,23)24/h3-10H,1-2H3,(H,25,29). The van der Waals surface area contributed by atoms with Crippen LogP contribution in [0.15, 0.2) is 48.5 Å². The molecule has 0 saturated carbocycles. The van der Waals surface area contributed by atoms with E-state index in [0.29, 0.717) is 23.1 Å². The predicted octanol–water partition coefficient (Wildman–Crippen LogP) is 4.98. The largest absolute Gasteiger partial charge is 0.417 e. The molecule has 0 spiro atoms. The van der Waals surface area contributed by atoms with E-state index in [4.69, 9.17) is 11.6 Å². The van der Waals surface area contributed by atoms with Crippen LogP contribution < -0.4 is 5.32 Å². The van der Waals surface area contributed by atoms with E-state index in [1.54, 1.807) is 38.1 Å². The number of ketones is 1. The number of rotatable bonds is 4. The van der Waals surface area contributed by atoms with E-state index in [2.05, 4.69) is 10.4 Å². The molecule has 0 fully saturated rings. The Bertz CT molecular complexity index is 1090. The highest BCUT2D eigenvalue weighted by molar-refractivity contribution is 6.47. The van der Waals surface area contributed by atoms with Gasteiger partial charge in [-0.05, 0) is 44.2 Å². The molecule has 0 atom stereocenters. The van der Waals surface area contributed by atoms with E-state index in [1.807, 2.05) is 6.07 Å². The zero-order chi connectivity index (χ0) is 21.3. The number of nitrogens with zero attached hydrogens (tertiary/aromatic N) is 2. The van der Waals surface area contributed by atoms with Crippen LogP contribution >= 0.6 is 11.6 Å². The molecule has 150 valence electrons. The van der Waals surface area contributed by atoms with Gasteiger partial charge in [-0.3, -0.25) is 9.59 Å². The topological polar surface area (TPSA) is 64.0 Å². The number of aryl methyl sites for hydroxylation is 1. The van der Waals surface area contributed by atoms with Crippen LogP contribution in [0, 0.1) is 13.8 Å². The van der Waals surface area contributed by atoms with Gasteiger partial charge in [-0.2, -0.15) is 18.3 Å². The lowest BCUT2D eigenvalue weighted by Crippen LogP contribution is -2.24. The second-order valence-electron chi connectivity index (χ2n) is 6.27. The average Bonchev–Trinajstić information content (AvgIpc) is 2.96. The first-order valence-corrected chi connectivity index (χ1v) is 8.81. The van der Waals surface area contributed by atoms with Crippen molar-refractivity contribution in [3.8, 4) is 5.69 Å². The van der Waals surface area contributed by atoms with Gasteiger partial charge in [0.05, 0.1) is 33.2 Å². The Morgan fingerprint density at radius 3 is 2.34 bits per heavy atom. The Morgan fingerprint density at radius 2 is 1.72 bits per heavy atom. The Morgan fingerprint density at radius 1 is 1.07 bits per heavy atom. The lowest BCUT2D eigenvalue weighted by atomic mass is 10.1. The van der Waals surface area contributed by atoms with Crippen molar-refractivity contribution in [2.24, 2.45) is 0 Å². The molecular formula is C20H15ClF3N3O2. The minimum atomic E-state index is -4.69. The van der Waals surface area contributed by atoms with Gasteiger partial charge < -0.3 is 5.32 Å². The van der Waals surface area contributed by atoms with Gasteiger partial charge in [0.2, 0.25) is 0 Å². The molecule has 3 rings (SSSR count). The van der Waals surface area contributed by atoms with Gasteiger partial charge >= 0.3 is 6.18 Å². The summed E-state index contributed by atoms with van der Waals surface area (Å²) in [5.74, 6) is -1.97. The van der Waals surface area contributed by atoms with Crippen molar-refractivity contribution in [1.29, 1.82) is 0 Å². The summed E-state index contributed by atoms with van der Waals surface area (Å²) < 4.78 is 40.5. The van der Waals surface area contributed by atoms with E-state index in [0.717, 1.165) is 6.07 Å². The summed E-state index contributed by atoms with van der Waals surface area (Å²) in [5.41, 5.74) is 0.287. The zero-order valence-corrected chi connectivity index (χ0v) is 16.1. The Hall–Kier alpha value is -3.13. The zero-order valence-electron chi connectivity index (χ0n) is 15.3. The van der Waals surface area contributed by atoms with Crippen LogP contribution in [0.2, 0.25) is 5.02 Å². The molecular weight excluding hydrogens is 407 g/mol.